The normalized spacial score (nSPS) is 14.7. The van der Waals surface area contributed by atoms with Gasteiger partial charge in [0.05, 0.1) is 19.9 Å². The van der Waals surface area contributed by atoms with E-state index in [2.05, 4.69) is 33.6 Å². The fourth-order valence-electron chi connectivity index (χ4n) is 3.39. The monoisotopic (exact) mass is 356 g/mol. The largest absolute Gasteiger partial charge is 0.497 e. The van der Waals surface area contributed by atoms with Gasteiger partial charge in [0.2, 0.25) is 0 Å². The highest BCUT2D eigenvalue weighted by molar-refractivity contribution is 5.66. The molecular formula is C20H28N4O2. The van der Waals surface area contributed by atoms with Crippen LogP contribution < -0.4 is 25.0 Å². The van der Waals surface area contributed by atoms with Crippen LogP contribution in [0.15, 0.2) is 36.5 Å². The smallest absolute Gasteiger partial charge is 0.149 e. The Labute approximate surface area is 155 Å². The first-order chi connectivity index (χ1) is 12.7. The molecule has 0 atom stereocenters. The van der Waals surface area contributed by atoms with Gasteiger partial charge in [0.1, 0.15) is 17.3 Å². The van der Waals surface area contributed by atoms with Crippen molar-refractivity contribution < 1.29 is 9.47 Å². The second kappa shape index (κ2) is 8.76. The van der Waals surface area contributed by atoms with E-state index >= 15 is 0 Å². The Bertz CT molecular complexity index is 717. The Morgan fingerprint density at radius 3 is 2.73 bits per heavy atom. The highest BCUT2D eigenvalue weighted by atomic mass is 16.5. The Hall–Kier alpha value is -2.47. The van der Waals surface area contributed by atoms with Crippen LogP contribution in [0, 0.1) is 0 Å². The van der Waals surface area contributed by atoms with E-state index in [0.717, 1.165) is 54.5 Å². The van der Waals surface area contributed by atoms with Crippen LogP contribution in [0.3, 0.4) is 0 Å². The first-order valence-electron chi connectivity index (χ1n) is 9.06. The molecule has 0 aliphatic carbocycles. The van der Waals surface area contributed by atoms with E-state index in [0.29, 0.717) is 12.6 Å². The van der Waals surface area contributed by atoms with Gasteiger partial charge in [-0.1, -0.05) is 0 Å². The maximum atomic E-state index is 5.49. The van der Waals surface area contributed by atoms with Gasteiger partial charge in [-0.2, -0.15) is 0 Å². The highest BCUT2D eigenvalue weighted by Crippen LogP contribution is 2.29. The van der Waals surface area contributed by atoms with E-state index in [1.165, 1.54) is 0 Å². The average molecular weight is 356 g/mol. The minimum Gasteiger partial charge on any atom is -0.497 e. The van der Waals surface area contributed by atoms with E-state index in [4.69, 9.17) is 9.47 Å². The maximum absolute atomic E-state index is 5.49. The van der Waals surface area contributed by atoms with Crippen LogP contribution in [-0.4, -0.2) is 45.4 Å². The van der Waals surface area contributed by atoms with Gasteiger partial charge in [-0.15, -0.1) is 0 Å². The molecule has 140 valence electrons. The van der Waals surface area contributed by atoms with E-state index in [-0.39, 0.29) is 0 Å². The van der Waals surface area contributed by atoms with Crippen LogP contribution >= 0.6 is 0 Å². The molecule has 26 heavy (non-hydrogen) atoms. The van der Waals surface area contributed by atoms with Crippen molar-refractivity contribution in [2.24, 2.45) is 0 Å². The van der Waals surface area contributed by atoms with Crippen molar-refractivity contribution in [2.45, 2.75) is 25.4 Å². The number of hydrogen-bond acceptors (Lipinski definition) is 6. The molecule has 0 unspecified atom stereocenters. The Morgan fingerprint density at radius 2 is 2.00 bits per heavy atom. The summed E-state index contributed by atoms with van der Waals surface area (Å²) in [5.41, 5.74) is 2.20. The zero-order chi connectivity index (χ0) is 18.4. The zero-order valence-electron chi connectivity index (χ0n) is 15.8. The molecule has 3 rings (SSSR count). The second-order valence-electron chi connectivity index (χ2n) is 6.49. The molecule has 2 N–H and O–H groups in total. The molecule has 1 fully saturated rings. The summed E-state index contributed by atoms with van der Waals surface area (Å²) in [7, 11) is 5.49. The predicted molar refractivity (Wildman–Crippen MR) is 105 cm³/mol. The fraction of sp³-hybridized carbons (Fsp3) is 0.450. The van der Waals surface area contributed by atoms with Gasteiger partial charge < -0.3 is 25.0 Å². The molecule has 0 spiro atoms. The summed E-state index contributed by atoms with van der Waals surface area (Å²) in [5, 5.41) is 6.89. The third kappa shape index (κ3) is 4.19. The standard InChI is InChI=1S/C20H28N4O2/c1-24(16-8-11-21-12-9-16)18-5-4-10-22-20(18)23-14-15-6-7-17(25-2)13-19(15)26-3/h4-7,10,13,16,21H,8-9,11-12,14H2,1-3H3,(H,22,23). The van der Waals surface area contributed by atoms with E-state index < -0.39 is 0 Å². The number of anilines is 2. The molecule has 2 heterocycles. The van der Waals surface area contributed by atoms with Crippen LogP contribution in [0.5, 0.6) is 11.5 Å². The minimum atomic E-state index is 0.538. The number of rotatable bonds is 7. The molecule has 1 aromatic carbocycles. The summed E-state index contributed by atoms with van der Waals surface area (Å²) in [4.78, 5) is 6.91. The molecule has 1 aliphatic heterocycles. The number of benzene rings is 1. The average Bonchev–Trinajstić information content (AvgIpc) is 2.72. The molecule has 1 aromatic heterocycles. The molecule has 0 bridgehead atoms. The fourth-order valence-corrected chi connectivity index (χ4v) is 3.39. The van der Waals surface area contributed by atoms with Crippen molar-refractivity contribution in [2.75, 3.05) is 44.6 Å². The minimum absolute atomic E-state index is 0.538. The van der Waals surface area contributed by atoms with Crippen molar-refractivity contribution in [3.05, 3.63) is 42.1 Å². The third-order valence-electron chi connectivity index (χ3n) is 4.96. The lowest BCUT2D eigenvalue weighted by Crippen LogP contribution is -2.41. The van der Waals surface area contributed by atoms with Gasteiger partial charge in [-0.25, -0.2) is 4.98 Å². The summed E-state index contributed by atoms with van der Waals surface area (Å²) in [6.07, 6.45) is 4.13. The van der Waals surface area contributed by atoms with Crippen molar-refractivity contribution in [3.8, 4) is 11.5 Å². The number of ether oxygens (including phenoxy) is 2. The first kappa shape index (κ1) is 18.3. The summed E-state index contributed by atoms with van der Waals surface area (Å²) in [5.74, 6) is 2.49. The number of nitrogens with one attached hydrogen (secondary N) is 2. The van der Waals surface area contributed by atoms with Gasteiger partial charge in [0.25, 0.3) is 0 Å². The second-order valence-corrected chi connectivity index (χ2v) is 6.49. The summed E-state index contributed by atoms with van der Waals surface area (Å²) in [6, 6.07) is 10.5. The molecule has 0 radical (unpaired) electrons. The zero-order valence-corrected chi connectivity index (χ0v) is 15.8. The summed E-state index contributed by atoms with van der Waals surface area (Å²) in [6.45, 7) is 2.78. The summed E-state index contributed by atoms with van der Waals surface area (Å²) < 4.78 is 10.8. The lowest BCUT2D eigenvalue weighted by molar-refractivity contribution is 0.391. The van der Waals surface area contributed by atoms with Crippen LogP contribution in [0.25, 0.3) is 0 Å². The van der Waals surface area contributed by atoms with Gasteiger partial charge in [-0.3, -0.25) is 0 Å². The molecule has 0 saturated carbocycles. The van der Waals surface area contributed by atoms with Crippen molar-refractivity contribution in [1.82, 2.24) is 10.3 Å². The van der Waals surface area contributed by atoms with Crippen LogP contribution in [0.4, 0.5) is 11.5 Å². The summed E-state index contributed by atoms with van der Waals surface area (Å²) >= 11 is 0. The number of piperidine rings is 1. The van der Waals surface area contributed by atoms with Crippen molar-refractivity contribution in [1.29, 1.82) is 0 Å². The van der Waals surface area contributed by atoms with Crippen molar-refractivity contribution >= 4 is 11.5 Å². The number of hydrogen-bond donors (Lipinski definition) is 2. The molecule has 2 aromatic rings. The molecule has 1 aliphatic rings. The third-order valence-corrected chi connectivity index (χ3v) is 4.96. The van der Waals surface area contributed by atoms with Gasteiger partial charge in [0.15, 0.2) is 0 Å². The lowest BCUT2D eigenvalue weighted by atomic mass is 10.0. The number of aromatic nitrogens is 1. The van der Waals surface area contributed by atoms with E-state index in [1.54, 1.807) is 14.2 Å². The van der Waals surface area contributed by atoms with E-state index in [9.17, 15) is 0 Å². The Morgan fingerprint density at radius 1 is 1.19 bits per heavy atom. The predicted octanol–water partition coefficient (Wildman–Crippen LogP) is 2.90. The SMILES string of the molecule is COc1ccc(CNc2ncccc2N(C)C2CCNCC2)c(OC)c1. The van der Waals surface area contributed by atoms with Gasteiger partial charge in [0, 0.05) is 37.5 Å². The Balaban J connectivity index is 1.74. The molecular weight excluding hydrogens is 328 g/mol. The molecule has 6 nitrogen and oxygen atoms in total. The number of pyridine rings is 1. The maximum Gasteiger partial charge on any atom is 0.149 e. The van der Waals surface area contributed by atoms with Gasteiger partial charge >= 0.3 is 0 Å². The van der Waals surface area contributed by atoms with Crippen LogP contribution in [0.1, 0.15) is 18.4 Å². The molecule has 0 amide bonds. The highest BCUT2D eigenvalue weighted by Gasteiger charge is 2.20. The lowest BCUT2D eigenvalue weighted by Gasteiger charge is -2.34. The van der Waals surface area contributed by atoms with Crippen LogP contribution in [-0.2, 0) is 6.54 Å². The Kier molecular flexibility index (Phi) is 6.17. The quantitative estimate of drug-likeness (QED) is 0.796. The number of nitrogens with zero attached hydrogens (tertiary/aromatic N) is 2. The molecule has 1 saturated heterocycles. The van der Waals surface area contributed by atoms with Crippen molar-refractivity contribution in [3.63, 3.8) is 0 Å². The topological polar surface area (TPSA) is 58.7 Å². The van der Waals surface area contributed by atoms with Crippen LogP contribution in [0.2, 0.25) is 0 Å². The molecule has 6 heteroatoms. The number of methoxy groups -OCH3 is 2. The first-order valence-corrected chi connectivity index (χ1v) is 9.06. The van der Waals surface area contributed by atoms with E-state index in [1.807, 2.05) is 30.5 Å². The van der Waals surface area contributed by atoms with Gasteiger partial charge in [-0.05, 0) is 50.2 Å².